The fourth-order valence-electron chi connectivity index (χ4n) is 2.28. The molecule has 2 aromatic rings. The van der Waals surface area contributed by atoms with Crippen LogP contribution in [0.15, 0.2) is 42.5 Å². The number of hydrogen-bond donors (Lipinski definition) is 3. The number of hydrogen-bond acceptors (Lipinski definition) is 4. The van der Waals surface area contributed by atoms with Gasteiger partial charge in [-0.2, -0.15) is 0 Å². The Labute approximate surface area is 191 Å². The van der Waals surface area contributed by atoms with E-state index in [2.05, 4.69) is 16.0 Å². The number of nitrogens with one attached hydrogen (secondary N) is 3. The molecule has 3 N–H and O–H groups in total. The van der Waals surface area contributed by atoms with Gasteiger partial charge in [-0.15, -0.1) is 0 Å². The van der Waals surface area contributed by atoms with Crippen LogP contribution in [0, 0.1) is 5.92 Å². The molecule has 0 aliphatic carbocycles. The van der Waals surface area contributed by atoms with Crippen molar-refractivity contribution in [3.63, 3.8) is 0 Å². The average molecular weight is 468 g/mol. The largest absolute Gasteiger partial charge is 0.492 e. The Balaban J connectivity index is 1.70. The van der Waals surface area contributed by atoms with E-state index in [4.69, 9.17) is 40.2 Å². The van der Waals surface area contributed by atoms with Gasteiger partial charge in [-0.25, -0.2) is 0 Å². The SMILES string of the molecule is CC(C)C(=O)Nc1ccc(NC(=S)NC(=O)CCCOc2ccc(Cl)cc2Cl)cc1. The Morgan fingerprint density at radius 3 is 2.27 bits per heavy atom. The van der Waals surface area contributed by atoms with Crippen molar-refractivity contribution in [3.05, 3.63) is 52.5 Å². The molecular formula is C21H23Cl2N3O3S. The van der Waals surface area contributed by atoms with E-state index in [1.807, 2.05) is 13.8 Å². The molecule has 0 aliphatic heterocycles. The minimum atomic E-state index is -0.223. The quantitative estimate of drug-likeness (QED) is 0.364. The maximum Gasteiger partial charge on any atom is 0.226 e. The van der Waals surface area contributed by atoms with Crippen molar-refractivity contribution in [2.24, 2.45) is 5.92 Å². The summed E-state index contributed by atoms with van der Waals surface area (Å²) in [4.78, 5) is 23.7. The molecule has 0 unspecified atom stereocenters. The van der Waals surface area contributed by atoms with Crippen LogP contribution in [-0.4, -0.2) is 23.5 Å². The Hall–Kier alpha value is -2.35. The van der Waals surface area contributed by atoms with Gasteiger partial charge in [-0.3, -0.25) is 9.59 Å². The molecule has 0 radical (unpaired) electrons. The van der Waals surface area contributed by atoms with Gasteiger partial charge in [0.1, 0.15) is 5.75 Å². The number of carbonyl (C=O) groups excluding carboxylic acids is 2. The summed E-state index contributed by atoms with van der Waals surface area (Å²) >= 11 is 17.0. The van der Waals surface area contributed by atoms with E-state index >= 15 is 0 Å². The van der Waals surface area contributed by atoms with Gasteiger partial charge in [-0.05, 0) is 61.1 Å². The van der Waals surface area contributed by atoms with Crippen LogP contribution >= 0.6 is 35.4 Å². The average Bonchev–Trinajstić information content (AvgIpc) is 2.68. The molecular weight excluding hydrogens is 445 g/mol. The van der Waals surface area contributed by atoms with Gasteiger partial charge in [0.15, 0.2) is 5.11 Å². The van der Waals surface area contributed by atoms with E-state index < -0.39 is 0 Å². The molecule has 9 heteroatoms. The number of thiocarbonyl (C=S) groups is 1. The van der Waals surface area contributed by atoms with Crippen molar-refractivity contribution in [2.45, 2.75) is 26.7 Å². The third-order valence-electron chi connectivity index (χ3n) is 3.89. The Kier molecular flexibility index (Phi) is 9.36. The molecule has 0 heterocycles. The smallest absolute Gasteiger partial charge is 0.226 e. The molecule has 0 saturated carbocycles. The molecule has 0 aliphatic rings. The lowest BCUT2D eigenvalue weighted by Gasteiger charge is -2.12. The van der Waals surface area contributed by atoms with Gasteiger partial charge in [0, 0.05) is 28.7 Å². The first-order valence-corrected chi connectivity index (χ1v) is 10.5. The van der Waals surface area contributed by atoms with Crippen LogP contribution < -0.4 is 20.7 Å². The van der Waals surface area contributed by atoms with Gasteiger partial charge in [0.2, 0.25) is 11.8 Å². The van der Waals surface area contributed by atoms with Crippen molar-refractivity contribution in [1.29, 1.82) is 0 Å². The zero-order chi connectivity index (χ0) is 22.1. The summed E-state index contributed by atoms with van der Waals surface area (Å²) in [5.41, 5.74) is 1.39. The molecule has 2 amide bonds. The lowest BCUT2D eigenvalue weighted by molar-refractivity contribution is -0.120. The fraction of sp³-hybridized carbons (Fsp3) is 0.286. The van der Waals surface area contributed by atoms with Crippen LogP contribution in [0.3, 0.4) is 0 Å². The lowest BCUT2D eigenvalue weighted by atomic mass is 10.2. The van der Waals surface area contributed by atoms with Crippen molar-refractivity contribution in [3.8, 4) is 5.75 Å². The second kappa shape index (κ2) is 11.7. The molecule has 2 rings (SSSR count). The van der Waals surface area contributed by atoms with Crippen LogP contribution in [0.2, 0.25) is 10.0 Å². The van der Waals surface area contributed by atoms with Gasteiger partial charge in [0.05, 0.1) is 11.6 Å². The number of ether oxygens (including phenoxy) is 1. The van der Waals surface area contributed by atoms with Crippen molar-refractivity contribution < 1.29 is 14.3 Å². The standard InChI is InChI=1S/C21H23Cl2N3O3S/c1-13(2)20(28)24-15-6-8-16(9-7-15)25-21(30)26-19(27)4-3-11-29-18-10-5-14(22)12-17(18)23/h5-10,12-13H,3-4,11H2,1-2H3,(H,24,28)(H2,25,26,27,30). The molecule has 0 fully saturated rings. The Morgan fingerprint density at radius 1 is 1.03 bits per heavy atom. The number of halogens is 2. The highest BCUT2D eigenvalue weighted by molar-refractivity contribution is 7.80. The van der Waals surface area contributed by atoms with E-state index in [0.29, 0.717) is 40.2 Å². The van der Waals surface area contributed by atoms with E-state index in [1.165, 1.54) is 0 Å². The molecule has 0 bridgehead atoms. The summed E-state index contributed by atoms with van der Waals surface area (Å²) in [5, 5.41) is 9.50. The Morgan fingerprint density at radius 2 is 1.67 bits per heavy atom. The molecule has 2 aromatic carbocycles. The number of amides is 2. The third kappa shape index (κ3) is 8.18. The molecule has 6 nitrogen and oxygen atoms in total. The predicted molar refractivity (Wildman–Crippen MR) is 125 cm³/mol. The van der Waals surface area contributed by atoms with Gasteiger partial charge < -0.3 is 20.7 Å². The molecule has 30 heavy (non-hydrogen) atoms. The normalized spacial score (nSPS) is 10.4. The van der Waals surface area contributed by atoms with Crippen LogP contribution in [0.4, 0.5) is 11.4 Å². The highest BCUT2D eigenvalue weighted by Crippen LogP contribution is 2.27. The van der Waals surface area contributed by atoms with Crippen LogP contribution in [0.5, 0.6) is 5.75 Å². The van der Waals surface area contributed by atoms with Crippen molar-refractivity contribution >= 4 is 63.7 Å². The Bertz CT molecular complexity index is 905. The number of anilines is 2. The monoisotopic (exact) mass is 467 g/mol. The summed E-state index contributed by atoms with van der Waals surface area (Å²) in [6, 6.07) is 12.0. The highest BCUT2D eigenvalue weighted by atomic mass is 35.5. The summed E-state index contributed by atoms with van der Waals surface area (Å²) in [6.45, 7) is 3.98. The number of carbonyl (C=O) groups is 2. The van der Waals surface area contributed by atoms with E-state index in [9.17, 15) is 9.59 Å². The topological polar surface area (TPSA) is 79.5 Å². The summed E-state index contributed by atoms with van der Waals surface area (Å²) in [7, 11) is 0. The number of rotatable bonds is 8. The first kappa shape index (κ1) is 23.9. The van der Waals surface area contributed by atoms with E-state index in [-0.39, 0.29) is 29.3 Å². The molecule has 160 valence electrons. The maximum absolute atomic E-state index is 12.0. The van der Waals surface area contributed by atoms with Gasteiger partial charge in [-0.1, -0.05) is 37.0 Å². The summed E-state index contributed by atoms with van der Waals surface area (Å²) in [6.07, 6.45) is 0.741. The third-order valence-corrected chi connectivity index (χ3v) is 4.62. The van der Waals surface area contributed by atoms with E-state index in [1.54, 1.807) is 42.5 Å². The van der Waals surface area contributed by atoms with Crippen LogP contribution in [-0.2, 0) is 9.59 Å². The zero-order valence-corrected chi connectivity index (χ0v) is 19.0. The zero-order valence-electron chi connectivity index (χ0n) is 16.6. The second-order valence-electron chi connectivity index (χ2n) is 6.75. The van der Waals surface area contributed by atoms with Crippen LogP contribution in [0.25, 0.3) is 0 Å². The fourth-order valence-corrected chi connectivity index (χ4v) is 2.98. The van der Waals surface area contributed by atoms with E-state index in [0.717, 1.165) is 0 Å². The first-order valence-electron chi connectivity index (χ1n) is 9.34. The second-order valence-corrected chi connectivity index (χ2v) is 8.00. The first-order chi connectivity index (χ1) is 14.2. The minimum Gasteiger partial charge on any atom is -0.492 e. The van der Waals surface area contributed by atoms with Gasteiger partial charge in [0.25, 0.3) is 0 Å². The van der Waals surface area contributed by atoms with Crippen LogP contribution in [0.1, 0.15) is 26.7 Å². The van der Waals surface area contributed by atoms with Crippen molar-refractivity contribution in [2.75, 3.05) is 17.2 Å². The van der Waals surface area contributed by atoms with Crippen molar-refractivity contribution in [1.82, 2.24) is 5.32 Å². The predicted octanol–water partition coefficient (Wildman–Crippen LogP) is 5.26. The minimum absolute atomic E-state index is 0.0548. The molecule has 0 spiro atoms. The highest BCUT2D eigenvalue weighted by Gasteiger charge is 2.08. The molecule has 0 aromatic heterocycles. The molecule has 0 atom stereocenters. The van der Waals surface area contributed by atoms with Gasteiger partial charge >= 0.3 is 0 Å². The maximum atomic E-state index is 12.0. The number of benzene rings is 2. The summed E-state index contributed by atoms with van der Waals surface area (Å²) in [5.74, 6) is 0.144. The summed E-state index contributed by atoms with van der Waals surface area (Å²) < 4.78 is 5.55. The molecule has 0 saturated heterocycles. The lowest BCUT2D eigenvalue weighted by Crippen LogP contribution is -2.34.